The quantitative estimate of drug-likeness (QED) is 0.684. The average molecular weight is 259 g/mol. The predicted octanol–water partition coefficient (Wildman–Crippen LogP) is 0.289. The van der Waals surface area contributed by atoms with Crippen LogP contribution in [0.3, 0.4) is 0 Å². The molecule has 0 aliphatic heterocycles. The zero-order chi connectivity index (χ0) is 12.5. The Labute approximate surface area is 100 Å². The number of rotatable bonds is 6. The summed E-state index contributed by atoms with van der Waals surface area (Å²) in [7, 11) is -3.60. The molecule has 1 heterocycles. The molecule has 7 heteroatoms. The SMILES string of the molecule is Cc1[nH]nc(S(=O)(=O)NCCC2CC2)c1CO. The first-order valence-electron chi connectivity index (χ1n) is 5.69. The highest BCUT2D eigenvalue weighted by Gasteiger charge is 2.25. The van der Waals surface area contributed by atoms with Gasteiger partial charge in [-0.1, -0.05) is 12.8 Å². The van der Waals surface area contributed by atoms with Crippen LogP contribution in [0, 0.1) is 12.8 Å². The maximum Gasteiger partial charge on any atom is 0.260 e. The molecule has 1 aliphatic carbocycles. The van der Waals surface area contributed by atoms with Gasteiger partial charge in [0.25, 0.3) is 10.0 Å². The maximum absolute atomic E-state index is 11.9. The van der Waals surface area contributed by atoms with Gasteiger partial charge in [-0.25, -0.2) is 13.1 Å². The van der Waals surface area contributed by atoms with Crippen LogP contribution in [0.5, 0.6) is 0 Å². The van der Waals surface area contributed by atoms with Gasteiger partial charge in [0.1, 0.15) is 0 Å². The van der Waals surface area contributed by atoms with Crippen molar-refractivity contribution >= 4 is 10.0 Å². The molecule has 17 heavy (non-hydrogen) atoms. The normalized spacial score (nSPS) is 16.4. The third-order valence-electron chi connectivity index (χ3n) is 2.99. The molecule has 0 bridgehead atoms. The van der Waals surface area contributed by atoms with Crippen molar-refractivity contribution in [3.8, 4) is 0 Å². The summed E-state index contributed by atoms with van der Waals surface area (Å²) in [6.07, 6.45) is 3.27. The monoisotopic (exact) mass is 259 g/mol. The van der Waals surface area contributed by atoms with Crippen molar-refractivity contribution in [3.05, 3.63) is 11.3 Å². The van der Waals surface area contributed by atoms with E-state index in [1.54, 1.807) is 6.92 Å². The number of hydrogen-bond donors (Lipinski definition) is 3. The number of sulfonamides is 1. The lowest BCUT2D eigenvalue weighted by atomic mass is 10.3. The molecule has 0 atom stereocenters. The van der Waals surface area contributed by atoms with Crippen LogP contribution in [0.4, 0.5) is 0 Å². The molecule has 1 aromatic rings. The van der Waals surface area contributed by atoms with Gasteiger partial charge in [0.2, 0.25) is 0 Å². The molecule has 96 valence electrons. The van der Waals surface area contributed by atoms with Gasteiger partial charge in [-0.15, -0.1) is 0 Å². The van der Waals surface area contributed by atoms with Gasteiger partial charge in [-0.2, -0.15) is 5.10 Å². The van der Waals surface area contributed by atoms with Crippen LogP contribution >= 0.6 is 0 Å². The molecule has 0 radical (unpaired) electrons. The van der Waals surface area contributed by atoms with E-state index in [1.807, 2.05) is 0 Å². The van der Waals surface area contributed by atoms with E-state index in [9.17, 15) is 8.42 Å². The van der Waals surface area contributed by atoms with Gasteiger partial charge in [-0.3, -0.25) is 5.10 Å². The van der Waals surface area contributed by atoms with E-state index in [-0.39, 0.29) is 11.6 Å². The molecule has 0 spiro atoms. The van der Waals surface area contributed by atoms with Gasteiger partial charge in [0, 0.05) is 17.8 Å². The number of aromatic amines is 1. The van der Waals surface area contributed by atoms with E-state index in [0.29, 0.717) is 23.7 Å². The summed E-state index contributed by atoms with van der Waals surface area (Å²) in [6.45, 7) is 1.78. The summed E-state index contributed by atoms with van der Waals surface area (Å²) in [5.74, 6) is 0.677. The number of nitrogens with one attached hydrogen (secondary N) is 2. The van der Waals surface area contributed by atoms with Crippen LogP contribution in [-0.4, -0.2) is 30.3 Å². The van der Waals surface area contributed by atoms with Gasteiger partial charge in [0.05, 0.1) is 6.61 Å². The molecule has 2 rings (SSSR count). The second-order valence-corrected chi connectivity index (χ2v) is 6.10. The van der Waals surface area contributed by atoms with E-state index < -0.39 is 10.0 Å². The number of aryl methyl sites for hydroxylation is 1. The molecule has 0 unspecified atom stereocenters. The molecule has 0 amide bonds. The van der Waals surface area contributed by atoms with Gasteiger partial charge < -0.3 is 5.11 Å². The zero-order valence-electron chi connectivity index (χ0n) is 9.73. The van der Waals surface area contributed by atoms with Crippen molar-refractivity contribution in [1.82, 2.24) is 14.9 Å². The first kappa shape index (κ1) is 12.5. The minimum Gasteiger partial charge on any atom is -0.392 e. The van der Waals surface area contributed by atoms with Crippen LogP contribution in [0.25, 0.3) is 0 Å². The Morgan fingerprint density at radius 2 is 2.24 bits per heavy atom. The highest BCUT2D eigenvalue weighted by molar-refractivity contribution is 7.89. The van der Waals surface area contributed by atoms with Gasteiger partial charge >= 0.3 is 0 Å². The Morgan fingerprint density at radius 1 is 1.53 bits per heavy atom. The van der Waals surface area contributed by atoms with Crippen molar-refractivity contribution in [1.29, 1.82) is 0 Å². The second kappa shape index (κ2) is 4.75. The molecule has 1 aliphatic rings. The van der Waals surface area contributed by atoms with E-state index in [1.165, 1.54) is 12.8 Å². The Morgan fingerprint density at radius 3 is 2.82 bits per heavy atom. The largest absolute Gasteiger partial charge is 0.392 e. The number of aliphatic hydroxyl groups excluding tert-OH is 1. The fraction of sp³-hybridized carbons (Fsp3) is 0.700. The first-order valence-corrected chi connectivity index (χ1v) is 7.17. The van der Waals surface area contributed by atoms with Crippen LogP contribution in [0.1, 0.15) is 30.5 Å². The van der Waals surface area contributed by atoms with Gasteiger partial charge in [0.15, 0.2) is 5.03 Å². The summed E-state index contributed by atoms with van der Waals surface area (Å²) in [4.78, 5) is 0. The second-order valence-electron chi connectivity index (χ2n) is 4.42. The summed E-state index contributed by atoms with van der Waals surface area (Å²) in [5.41, 5.74) is 0.916. The van der Waals surface area contributed by atoms with E-state index in [0.717, 1.165) is 6.42 Å². The molecule has 1 aromatic heterocycles. The van der Waals surface area contributed by atoms with Crippen LogP contribution in [-0.2, 0) is 16.6 Å². The lowest BCUT2D eigenvalue weighted by Gasteiger charge is -2.05. The fourth-order valence-electron chi connectivity index (χ4n) is 1.71. The number of nitrogens with zero attached hydrogens (tertiary/aromatic N) is 1. The zero-order valence-corrected chi connectivity index (χ0v) is 10.5. The van der Waals surface area contributed by atoms with Gasteiger partial charge in [-0.05, 0) is 19.3 Å². The average Bonchev–Trinajstić information content (AvgIpc) is 3.00. The number of aromatic nitrogens is 2. The molecule has 6 nitrogen and oxygen atoms in total. The number of aliphatic hydroxyl groups is 1. The highest BCUT2D eigenvalue weighted by Crippen LogP contribution is 2.31. The minimum atomic E-state index is -3.60. The Hall–Kier alpha value is -0.920. The Bertz CT molecular complexity index is 491. The Balaban J connectivity index is 2.06. The van der Waals surface area contributed by atoms with Crippen LogP contribution in [0.2, 0.25) is 0 Å². The third-order valence-corrected chi connectivity index (χ3v) is 4.42. The predicted molar refractivity (Wildman–Crippen MR) is 61.8 cm³/mol. The summed E-state index contributed by atoms with van der Waals surface area (Å²) in [5, 5.41) is 15.3. The van der Waals surface area contributed by atoms with Crippen molar-refractivity contribution in [2.45, 2.75) is 37.8 Å². The van der Waals surface area contributed by atoms with E-state index in [2.05, 4.69) is 14.9 Å². The number of hydrogen-bond acceptors (Lipinski definition) is 4. The molecule has 1 fully saturated rings. The van der Waals surface area contributed by atoms with Crippen molar-refractivity contribution < 1.29 is 13.5 Å². The third kappa shape index (κ3) is 2.85. The molecule has 0 aromatic carbocycles. The highest BCUT2D eigenvalue weighted by atomic mass is 32.2. The summed E-state index contributed by atoms with van der Waals surface area (Å²) >= 11 is 0. The summed E-state index contributed by atoms with van der Waals surface area (Å²) in [6, 6.07) is 0. The standard InChI is InChI=1S/C10H17N3O3S/c1-7-9(6-14)10(13-12-7)17(15,16)11-5-4-8-2-3-8/h8,11,14H,2-6H2,1H3,(H,12,13). The lowest BCUT2D eigenvalue weighted by molar-refractivity contribution is 0.277. The van der Waals surface area contributed by atoms with Crippen LogP contribution < -0.4 is 4.72 Å². The smallest absolute Gasteiger partial charge is 0.260 e. The molecular weight excluding hydrogens is 242 g/mol. The number of H-pyrrole nitrogens is 1. The lowest BCUT2D eigenvalue weighted by Crippen LogP contribution is -2.26. The van der Waals surface area contributed by atoms with E-state index in [4.69, 9.17) is 5.11 Å². The fourth-order valence-corrected chi connectivity index (χ4v) is 2.94. The van der Waals surface area contributed by atoms with E-state index >= 15 is 0 Å². The molecule has 0 saturated heterocycles. The van der Waals surface area contributed by atoms with Crippen molar-refractivity contribution in [3.63, 3.8) is 0 Å². The minimum absolute atomic E-state index is 0.0895. The summed E-state index contributed by atoms with van der Waals surface area (Å²) < 4.78 is 26.4. The molecule has 3 N–H and O–H groups in total. The topological polar surface area (TPSA) is 95.1 Å². The maximum atomic E-state index is 11.9. The molecule has 1 saturated carbocycles. The van der Waals surface area contributed by atoms with Crippen molar-refractivity contribution in [2.24, 2.45) is 5.92 Å². The van der Waals surface area contributed by atoms with Crippen LogP contribution in [0.15, 0.2) is 5.03 Å². The van der Waals surface area contributed by atoms with Crippen molar-refractivity contribution in [2.75, 3.05) is 6.54 Å². The first-order chi connectivity index (χ1) is 8.04. The molecular formula is C10H17N3O3S. The Kier molecular flexibility index (Phi) is 3.50.